The molecule has 3 rings (SSSR count). The quantitative estimate of drug-likeness (QED) is 0.378. The van der Waals surface area contributed by atoms with Gasteiger partial charge in [-0.2, -0.15) is 0 Å². The van der Waals surface area contributed by atoms with Gasteiger partial charge in [0.05, 0.1) is 11.7 Å². The van der Waals surface area contributed by atoms with Crippen LogP contribution in [0.4, 0.5) is 15.6 Å². The fourth-order valence-corrected chi connectivity index (χ4v) is 3.85. The van der Waals surface area contributed by atoms with Crippen molar-refractivity contribution in [3.63, 3.8) is 0 Å². The summed E-state index contributed by atoms with van der Waals surface area (Å²) in [5, 5.41) is 21.7. The lowest BCUT2D eigenvalue weighted by atomic mass is 10.0. The number of pyridine rings is 1. The molecular formula is C22H21N6O5S-. The zero-order valence-corrected chi connectivity index (χ0v) is 19.1. The van der Waals surface area contributed by atoms with Crippen LogP contribution in [-0.4, -0.2) is 40.8 Å². The third kappa shape index (κ3) is 6.36. The first kappa shape index (κ1) is 24.3. The Bertz CT molecular complexity index is 1210. The van der Waals surface area contributed by atoms with Crippen LogP contribution in [0.2, 0.25) is 0 Å². The molecule has 0 aliphatic carbocycles. The zero-order chi connectivity index (χ0) is 24.7. The summed E-state index contributed by atoms with van der Waals surface area (Å²) in [7, 11) is 1.46. The van der Waals surface area contributed by atoms with Gasteiger partial charge in [-0.25, -0.2) is 9.78 Å². The second-order valence-electron chi connectivity index (χ2n) is 7.06. The second kappa shape index (κ2) is 11.0. The molecule has 2 aromatic heterocycles. The van der Waals surface area contributed by atoms with Crippen molar-refractivity contribution in [1.82, 2.24) is 20.6 Å². The molecule has 0 saturated heterocycles. The van der Waals surface area contributed by atoms with E-state index < -0.39 is 36.3 Å². The smallest absolute Gasteiger partial charge is 0.320 e. The van der Waals surface area contributed by atoms with E-state index in [-0.39, 0.29) is 10.7 Å². The van der Waals surface area contributed by atoms with Crippen molar-refractivity contribution < 1.29 is 24.3 Å². The summed E-state index contributed by atoms with van der Waals surface area (Å²) in [5.74, 6) is -2.31. The molecule has 34 heavy (non-hydrogen) atoms. The summed E-state index contributed by atoms with van der Waals surface area (Å²) in [6.45, 7) is 1.64. The number of urea groups is 1. The molecule has 0 radical (unpaired) electrons. The Labute approximate surface area is 198 Å². The van der Waals surface area contributed by atoms with E-state index in [4.69, 9.17) is 0 Å². The minimum absolute atomic E-state index is 0.216. The van der Waals surface area contributed by atoms with Crippen LogP contribution in [0.1, 0.15) is 43.7 Å². The zero-order valence-electron chi connectivity index (χ0n) is 18.2. The number of amides is 4. The number of benzene rings is 1. The van der Waals surface area contributed by atoms with Crippen LogP contribution in [0.3, 0.4) is 0 Å². The molecule has 1 atom stereocenters. The normalized spacial score (nSPS) is 11.2. The molecule has 176 valence electrons. The van der Waals surface area contributed by atoms with Gasteiger partial charge < -0.3 is 25.9 Å². The number of carboxylic acids is 1. The van der Waals surface area contributed by atoms with Crippen LogP contribution < -0.4 is 26.4 Å². The molecule has 3 aromatic rings. The van der Waals surface area contributed by atoms with Gasteiger partial charge >= 0.3 is 6.03 Å². The first-order chi connectivity index (χ1) is 16.3. The van der Waals surface area contributed by atoms with Crippen molar-refractivity contribution in [2.24, 2.45) is 0 Å². The summed E-state index contributed by atoms with van der Waals surface area (Å²) in [6.07, 6.45) is 2.58. The number of nitrogens with zero attached hydrogens (tertiary/aromatic N) is 2. The highest BCUT2D eigenvalue weighted by Gasteiger charge is 2.19. The number of nitrogens with one attached hydrogen (secondary N) is 4. The average molecular weight is 482 g/mol. The summed E-state index contributed by atoms with van der Waals surface area (Å²) in [5.41, 5.74) is 1.52. The second-order valence-corrected chi connectivity index (χ2v) is 8.06. The maximum Gasteiger partial charge on any atom is 0.320 e. The molecule has 0 bridgehead atoms. The molecule has 2 heterocycles. The highest BCUT2D eigenvalue weighted by Crippen LogP contribution is 2.24. The van der Waals surface area contributed by atoms with Crippen molar-refractivity contribution in [2.75, 3.05) is 17.7 Å². The summed E-state index contributed by atoms with van der Waals surface area (Å²) in [4.78, 5) is 56.5. The van der Waals surface area contributed by atoms with E-state index in [1.54, 1.807) is 31.2 Å². The molecule has 0 fully saturated rings. The fourth-order valence-electron chi connectivity index (χ4n) is 2.99. The standard InChI is InChI=1S/C22H22N6O5S/c1-12-18(34-22(25-12)28-21(33)23-2)20(32)26-15-7-3-5-13(9-15)19(31)27-16(10-17(29)30)14-6-4-8-24-11-14/h3-9,11,16H,10H2,1-2H3,(H,26,32)(H,27,31)(H,29,30)(H2,23,25,28,33)/p-1. The van der Waals surface area contributed by atoms with E-state index in [1.165, 1.54) is 31.6 Å². The Hall–Kier alpha value is -4.32. The van der Waals surface area contributed by atoms with Crippen molar-refractivity contribution in [2.45, 2.75) is 19.4 Å². The largest absolute Gasteiger partial charge is 0.550 e. The minimum Gasteiger partial charge on any atom is -0.550 e. The topological polar surface area (TPSA) is 165 Å². The van der Waals surface area contributed by atoms with E-state index in [0.717, 1.165) is 11.3 Å². The number of aryl methyl sites for hydroxylation is 1. The monoisotopic (exact) mass is 481 g/mol. The number of hydrogen-bond donors (Lipinski definition) is 4. The number of anilines is 2. The number of carboxylic acid groups (broad SMARTS) is 1. The summed E-state index contributed by atoms with van der Waals surface area (Å²) >= 11 is 1.01. The Morgan fingerprint density at radius 2 is 1.88 bits per heavy atom. The number of rotatable bonds is 8. The first-order valence-corrected chi connectivity index (χ1v) is 10.9. The predicted molar refractivity (Wildman–Crippen MR) is 123 cm³/mol. The van der Waals surface area contributed by atoms with Gasteiger partial charge in [-0.05, 0) is 36.8 Å². The lowest BCUT2D eigenvalue weighted by molar-refractivity contribution is -0.306. The van der Waals surface area contributed by atoms with Gasteiger partial charge in [0.15, 0.2) is 5.13 Å². The van der Waals surface area contributed by atoms with Gasteiger partial charge in [0, 0.05) is 43.1 Å². The van der Waals surface area contributed by atoms with Crippen LogP contribution in [0, 0.1) is 6.92 Å². The molecule has 11 nitrogen and oxygen atoms in total. The Kier molecular flexibility index (Phi) is 7.88. The molecule has 1 unspecified atom stereocenters. The van der Waals surface area contributed by atoms with E-state index in [2.05, 4.69) is 31.2 Å². The maximum absolute atomic E-state index is 12.8. The Balaban J connectivity index is 1.73. The van der Waals surface area contributed by atoms with Crippen LogP contribution in [0.25, 0.3) is 0 Å². The van der Waals surface area contributed by atoms with E-state index >= 15 is 0 Å². The minimum atomic E-state index is -1.32. The van der Waals surface area contributed by atoms with Gasteiger partial charge in [0.1, 0.15) is 4.88 Å². The number of aromatic nitrogens is 2. The van der Waals surface area contributed by atoms with Crippen LogP contribution in [0.15, 0.2) is 48.8 Å². The first-order valence-electron chi connectivity index (χ1n) is 10.0. The van der Waals surface area contributed by atoms with E-state index in [9.17, 15) is 24.3 Å². The van der Waals surface area contributed by atoms with Gasteiger partial charge in [-0.1, -0.05) is 23.5 Å². The molecule has 12 heteroatoms. The van der Waals surface area contributed by atoms with Crippen molar-refractivity contribution >= 4 is 46.0 Å². The Morgan fingerprint density at radius 3 is 2.56 bits per heavy atom. The third-order valence-electron chi connectivity index (χ3n) is 4.60. The third-order valence-corrected chi connectivity index (χ3v) is 5.67. The van der Waals surface area contributed by atoms with Crippen molar-refractivity contribution in [3.8, 4) is 0 Å². The molecular weight excluding hydrogens is 460 g/mol. The number of thiazole rings is 1. The molecule has 4 N–H and O–H groups in total. The SMILES string of the molecule is CNC(=O)Nc1nc(C)c(C(=O)Nc2cccc(C(=O)NC(CC(=O)[O-])c3cccnc3)c2)s1. The molecule has 4 amide bonds. The average Bonchev–Trinajstić information content (AvgIpc) is 3.18. The summed E-state index contributed by atoms with van der Waals surface area (Å²) in [6, 6.07) is 8.19. The lowest BCUT2D eigenvalue weighted by Crippen LogP contribution is -2.34. The van der Waals surface area contributed by atoms with Crippen LogP contribution >= 0.6 is 11.3 Å². The van der Waals surface area contributed by atoms with E-state index in [0.29, 0.717) is 21.8 Å². The Morgan fingerprint density at radius 1 is 1.09 bits per heavy atom. The number of carbonyl (C=O) groups is 4. The fraction of sp³-hybridized carbons (Fsp3) is 0.182. The van der Waals surface area contributed by atoms with Gasteiger partial charge in [0.25, 0.3) is 11.8 Å². The molecule has 0 saturated carbocycles. The van der Waals surface area contributed by atoms with E-state index in [1.807, 2.05) is 0 Å². The highest BCUT2D eigenvalue weighted by atomic mass is 32.1. The van der Waals surface area contributed by atoms with Crippen LogP contribution in [0.5, 0.6) is 0 Å². The predicted octanol–water partition coefficient (Wildman–Crippen LogP) is 1.46. The molecule has 0 aliphatic rings. The number of carbonyl (C=O) groups excluding carboxylic acids is 4. The maximum atomic E-state index is 12.8. The molecule has 0 aliphatic heterocycles. The summed E-state index contributed by atoms with van der Waals surface area (Å²) < 4.78 is 0. The van der Waals surface area contributed by atoms with Gasteiger partial charge in [-0.3, -0.25) is 19.9 Å². The lowest BCUT2D eigenvalue weighted by Gasteiger charge is -2.19. The van der Waals surface area contributed by atoms with Crippen LogP contribution in [-0.2, 0) is 4.79 Å². The molecule has 0 spiro atoms. The van der Waals surface area contributed by atoms with Crippen molar-refractivity contribution in [3.05, 3.63) is 70.5 Å². The molecule has 1 aromatic carbocycles. The van der Waals surface area contributed by atoms with Gasteiger partial charge in [0.2, 0.25) is 0 Å². The van der Waals surface area contributed by atoms with Gasteiger partial charge in [-0.15, -0.1) is 0 Å². The highest BCUT2D eigenvalue weighted by molar-refractivity contribution is 7.17. The number of aliphatic carboxylic acids is 1. The number of hydrogen-bond acceptors (Lipinski definition) is 8. The van der Waals surface area contributed by atoms with Crippen molar-refractivity contribution in [1.29, 1.82) is 0 Å².